The van der Waals surface area contributed by atoms with Gasteiger partial charge in [0.05, 0.1) is 13.0 Å². The van der Waals surface area contributed by atoms with Crippen LogP contribution in [0.15, 0.2) is 0 Å². The summed E-state index contributed by atoms with van der Waals surface area (Å²) < 4.78 is 5.00. The van der Waals surface area contributed by atoms with E-state index in [2.05, 4.69) is 0 Å². The molecule has 0 aromatic rings. The van der Waals surface area contributed by atoms with Gasteiger partial charge >= 0.3 is 18.0 Å². The normalized spacial score (nSPS) is 17.9. The summed E-state index contributed by atoms with van der Waals surface area (Å²) in [5.74, 6) is -1.33. The predicted molar refractivity (Wildman–Crippen MR) is 75.9 cm³/mol. The minimum atomic E-state index is -0.947. The molecule has 1 aliphatic heterocycles. The number of nitrogens with zero attached hydrogens (tertiary/aromatic N) is 2. The highest BCUT2D eigenvalue weighted by molar-refractivity contribution is 5.84. The molecule has 1 atom stereocenters. The lowest BCUT2D eigenvalue weighted by atomic mass is 10.2. The fourth-order valence-corrected chi connectivity index (χ4v) is 2.43. The second kappa shape index (κ2) is 7.85. The number of ether oxygens (including phenoxy) is 1. The maximum atomic E-state index is 12.6. The summed E-state index contributed by atoms with van der Waals surface area (Å²) in [5.41, 5.74) is 0. The average molecular weight is 300 g/mol. The number of likely N-dealkylation sites (tertiary alicyclic amines) is 1. The monoisotopic (exact) mass is 300 g/mol. The lowest BCUT2D eigenvalue weighted by molar-refractivity contribution is -0.147. The van der Waals surface area contributed by atoms with Crippen LogP contribution in [-0.2, 0) is 14.3 Å². The van der Waals surface area contributed by atoms with E-state index in [1.165, 1.54) is 9.80 Å². The summed E-state index contributed by atoms with van der Waals surface area (Å²) in [5, 5.41) is 8.78. The smallest absolute Gasteiger partial charge is 0.328 e. The molecule has 1 aliphatic rings. The van der Waals surface area contributed by atoms with Crippen LogP contribution in [0.5, 0.6) is 0 Å². The van der Waals surface area contributed by atoms with Crippen LogP contribution in [0.4, 0.5) is 4.79 Å². The molecular weight excluding hydrogens is 276 g/mol. The average Bonchev–Trinajstić information content (AvgIpc) is 2.87. The van der Waals surface area contributed by atoms with Gasteiger partial charge in [0.1, 0.15) is 6.04 Å². The Morgan fingerprint density at radius 3 is 2.57 bits per heavy atom. The van der Waals surface area contributed by atoms with Gasteiger partial charge in [-0.3, -0.25) is 4.79 Å². The molecule has 1 heterocycles. The van der Waals surface area contributed by atoms with Crippen LogP contribution in [0.3, 0.4) is 0 Å². The van der Waals surface area contributed by atoms with Crippen molar-refractivity contribution >= 4 is 18.0 Å². The molecule has 1 saturated heterocycles. The van der Waals surface area contributed by atoms with Crippen molar-refractivity contribution < 1.29 is 24.2 Å². The van der Waals surface area contributed by atoms with E-state index in [4.69, 9.17) is 9.84 Å². The molecule has 0 spiro atoms. The zero-order valence-corrected chi connectivity index (χ0v) is 12.9. The van der Waals surface area contributed by atoms with E-state index in [9.17, 15) is 14.4 Å². The summed E-state index contributed by atoms with van der Waals surface area (Å²) >= 11 is 0. The first-order valence-electron chi connectivity index (χ1n) is 7.34. The number of carboxylic acid groups (broad SMARTS) is 1. The highest BCUT2D eigenvalue weighted by Crippen LogP contribution is 2.21. The third kappa shape index (κ3) is 4.61. The molecule has 1 fully saturated rings. The number of carbonyl (C=O) groups is 3. The molecule has 120 valence electrons. The highest BCUT2D eigenvalue weighted by atomic mass is 16.5. The fourth-order valence-electron chi connectivity index (χ4n) is 2.43. The summed E-state index contributed by atoms with van der Waals surface area (Å²) in [4.78, 5) is 38.2. The number of amides is 2. The molecule has 0 bridgehead atoms. The van der Waals surface area contributed by atoms with Crippen LogP contribution in [0.25, 0.3) is 0 Å². The molecule has 2 amide bonds. The van der Waals surface area contributed by atoms with E-state index in [1.54, 1.807) is 6.92 Å². The Balaban J connectivity index is 2.77. The molecular formula is C14H24N2O5. The van der Waals surface area contributed by atoms with Crippen molar-refractivity contribution in [1.82, 2.24) is 9.80 Å². The molecule has 0 aromatic heterocycles. The van der Waals surface area contributed by atoms with E-state index in [0.29, 0.717) is 13.0 Å². The quantitative estimate of drug-likeness (QED) is 0.747. The number of urea groups is 1. The molecule has 7 heteroatoms. The number of hydrogen-bond donors (Lipinski definition) is 1. The molecule has 7 nitrogen and oxygen atoms in total. The number of rotatable bonds is 6. The van der Waals surface area contributed by atoms with Gasteiger partial charge in [0.15, 0.2) is 0 Å². The van der Waals surface area contributed by atoms with Gasteiger partial charge in [0.25, 0.3) is 0 Å². The Labute approximate surface area is 124 Å². The molecule has 0 radical (unpaired) electrons. The van der Waals surface area contributed by atoms with Crippen molar-refractivity contribution in [3.05, 3.63) is 0 Å². The Hall–Kier alpha value is -1.79. The third-order valence-electron chi connectivity index (χ3n) is 3.49. The zero-order valence-electron chi connectivity index (χ0n) is 12.9. The van der Waals surface area contributed by atoms with E-state index >= 15 is 0 Å². The van der Waals surface area contributed by atoms with Crippen molar-refractivity contribution in [3.63, 3.8) is 0 Å². The van der Waals surface area contributed by atoms with Crippen LogP contribution in [0, 0.1) is 0 Å². The van der Waals surface area contributed by atoms with E-state index in [0.717, 1.165) is 6.42 Å². The first-order valence-corrected chi connectivity index (χ1v) is 7.34. The standard InChI is InChI=1S/C14H24N2O5/c1-4-21-13(19)11-6-5-8-16(11)14(20)15(10(2)3)9-7-12(17)18/h10-11H,4-9H2,1-3H3,(H,17,18). The van der Waals surface area contributed by atoms with E-state index in [-0.39, 0.29) is 37.6 Å². The minimum Gasteiger partial charge on any atom is -0.481 e. The maximum Gasteiger partial charge on any atom is 0.328 e. The van der Waals surface area contributed by atoms with Crippen molar-refractivity contribution in [2.75, 3.05) is 19.7 Å². The van der Waals surface area contributed by atoms with Gasteiger partial charge in [-0.15, -0.1) is 0 Å². The predicted octanol–water partition coefficient (Wildman–Crippen LogP) is 1.32. The number of carbonyl (C=O) groups excluding carboxylic acids is 2. The van der Waals surface area contributed by atoms with Crippen LogP contribution in [0.1, 0.15) is 40.0 Å². The van der Waals surface area contributed by atoms with E-state index < -0.39 is 12.0 Å². The molecule has 0 aliphatic carbocycles. The van der Waals surface area contributed by atoms with Gasteiger partial charge in [-0.05, 0) is 33.6 Å². The van der Waals surface area contributed by atoms with Gasteiger partial charge in [0.2, 0.25) is 0 Å². The lowest BCUT2D eigenvalue weighted by Crippen LogP contribution is -2.51. The van der Waals surface area contributed by atoms with E-state index in [1.807, 2.05) is 13.8 Å². The molecule has 1 rings (SSSR count). The first kappa shape index (κ1) is 17.3. The first-order chi connectivity index (χ1) is 9.88. The largest absolute Gasteiger partial charge is 0.481 e. The second-order valence-electron chi connectivity index (χ2n) is 5.32. The lowest BCUT2D eigenvalue weighted by Gasteiger charge is -2.33. The minimum absolute atomic E-state index is 0.109. The van der Waals surface area contributed by atoms with Gasteiger partial charge in [-0.2, -0.15) is 0 Å². The van der Waals surface area contributed by atoms with Gasteiger partial charge in [0, 0.05) is 19.1 Å². The Morgan fingerprint density at radius 1 is 1.38 bits per heavy atom. The number of esters is 1. The van der Waals surface area contributed by atoms with Crippen LogP contribution in [0.2, 0.25) is 0 Å². The zero-order chi connectivity index (χ0) is 16.0. The van der Waals surface area contributed by atoms with Crippen molar-refractivity contribution in [2.45, 2.75) is 52.1 Å². The maximum absolute atomic E-state index is 12.6. The Kier molecular flexibility index (Phi) is 6.45. The third-order valence-corrected chi connectivity index (χ3v) is 3.49. The van der Waals surface area contributed by atoms with Gasteiger partial charge in [-0.25, -0.2) is 9.59 Å². The summed E-state index contributed by atoms with van der Waals surface area (Å²) in [7, 11) is 0. The topological polar surface area (TPSA) is 87.2 Å². The molecule has 0 aromatic carbocycles. The SMILES string of the molecule is CCOC(=O)C1CCCN1C(=O)N(CCC(=O)O)C(C)C. The Bertz CT molecular complexity index is 397. The number of aliphatic carboxylic acids is 1. The van der Waals surface area contributed by atoms with Crippen LogP contribution < -0.4 is 0 Å². The summed E-state index contributed by atoms with van der Waals surface area (Å²) in [6.45, 7) is 6.30. The summed E-state index contributed by atoms with van der Waals surface area (Å²) in [6.07, 6.45) is 1.23. The molecule has 21 heavy (non-hydrogen) atoms. The van der Waals surface area contributed by atoms with Crippen LogP contribution >= 0.6 is 0 Å². The molecule has 0 saturated carbocycles. The van der Waals surface area contributed by atoms with Gasteiger partial charge < -0.3 is 19.6 Å². The number of hydrogen-bond acceptors (Lipinski definition) is 4. The summed E-state index contributed by atoms with van der Waals surface area (Å²) in [6, 6.07) is -0.967. The van der Waals surface area contributed by atoms with Crippen molar-refractivity contribution in [2.24, 2.45) is 0 Å². The highest BCUT2D eigenvalue weighted by Gasteiger charge is 2.37. The van der Waals surface area contributed by atoms with Gasteiger partial charge in [-0.1, -0.05) is 0 Å². The van der Waals surface area contributed by atoms with Crippen molar-refractivity contribution in [3.8, 4) is 0 Å². The van der Waals surface area contributed by atoms with Crippen LogP contribution in [-0.4, -0.2) is 64.7 Å². The molecule has 1 unspecified atom stereocenters. The Morgan fingerprint density at radius 2 is 2.05 bits per heavy atom. The van der Waals surface area contributed by atoms with Crippen molar-refractivity contribution in [1.29, 1.82) is 0 Å². The molecule has 1 N–H and O–H groups in total. The number of carboxylic acids is 1. The fraction of sp³-hybridized carbons (Fsp3) is 0.786. The second-order valence-corrected chi connectivity index (χ2v) is 5.32.